The Balaban J connectivity index is 2.21. The number of aldehydes is 1. The van der Waals surface area contributed by atoms with Crippen LogP contribution in [0.1, 0.15) is 32.1 Å². The second-order valence-corrected chi connectivity index (χ2v) is 4.23. The molecule has 1 saturated heterocycles. The fourth-order valence-electron chi connectivity index (χ4n) is 1.91. The van der Waals surface area contributed by atoms with Gasteiger partial charge in [-0.15, -0.1) is 0 Å². The molecule has 1 atom stereocenters. The molecule has 5 nitrogen and oxygen atoms in total. The highest BCUT2D eigenvalue weighted by atomic mass is 16.5. The van der Waals surface area contributed by atoms with E-state index in [2.05, 4.69) is 4.74 Å². The summed E-state index contributed by atoms with van der Waals surface area (Å²) in [5.74, 6) is -0.176. The van der Waals surface area contributed by atoms with Gasteiger partial charge in [-0.05, 0) is 19.3 Å². The minimum absolute atomic E-state index is 0.0336. The van der Waals surface area contributed by atoms with E-state index in [-0.39, 0.29) is 17.9 Å². The number of ether oxygens (including phenoxy) is 1. The summed E-state index contributed by atoms with van der Waals surface area (Å²) in [4.78, 5) is 34.6. The van der Waals surface area contributed by atoms with Crippen molar-refractivity contribution in [2.75, 3.05) is 13.7 Å². The first-order valence-electron chi connectivity index (χ1n) is 6.15. The van der Waals surface area contributed by atoms with Crippen LogP contribution >= 0.6 is 0 Å². The van der Waals surface area contributed by atoms with Crippen LogP contribution in [0.25, 0.3) is 0 Å². The molecule has 18 heavy (non-hydrogen) atoms. The molecule has 0 aliphatic carbocycles. The van der Waals surface area contributed by atoms with Crippen LogP contribution < -0.4 is 0 Å². The minimum atomic E-state index is -0.266. The fourth-order valence-corrected chi connectivity index (χ4v) is 1.91. The Hall–Kier alpha value is -1.65. The smallest absolute Gasteiger partial charge is 0.305 e. The molecule has 0 saturated carbocycles. The largest absolute Gasteiger partial charge is 0.469 e. The van der Waals surface area contributed by atoms with Crippen molar-refractivity contribution in [3.8, 4) is 0 Å². The summed E-state index contributed by atoms with van der Waals surface area (Å²) in [5, 5.41) is 0. The maximum absolute atomic E-state index is 11.5. The van der Waals surface area contributed by atoms with E-state index in [0.29, 0.717) is 25.8 Å². The van der Waals surface area contributed by atoms with Crippen LogP contribution in [-0.2, 0) is 19.1 Å². The van der Waals surface area contributed by atoms with E-state index in [1.54, 1.807) is 4.90 Å². The molecule has 1 aliphatic heterocycles. The highest BCUT2D eigenvalue weighted by Gasteiger charge is 2.29. The average Bonchev–Trinajstić information content (AvgIpc) is 2.74. The Morgan fingerprint density at radius 2 is 2.28 bits per heavy atom. The number of esters is 1. The molecule has 1 unspecified atom stereocenters. The Kier molecular flexibility index (Phi) is 6.11. The highest BCUT2D eigenvalue weighted by molar-refractivity contribution is 5.83. The lowest BCUT2D eigenvalue weighted by atomic mass is 10.2. The van der Waals surface area contributed by atoms with Crippen LogP contribution in [-0.4, -0.2) is 42.8 Å². The molecule has 5 heteroatoms. The lowest BCUT2D eigenvalue weighted by Gasteiger charge is -2.18. The van der Waals surface area contributed by atoms with Crippen molar-refractivity contribution in [2.45, 2.75) is 38.1 Å². The molecular formula is C13H19NO4. The molecule has 1 amide bonds. The molecule has 0 spiro atoms. The van der Waals surface area contributed by atoms with Crippen molar-refractivity contribution in [2.24, 2.45) is 0 Å². The van der Waals surface area contributed by atoms with Crippen molar-refractivity contribution < 1.29 is 19.1 Å². The quantitative estimate of drug-likeness (QED) is 0.295. The highest BCUT2D eigenvalue weighted by Crippen LogP contribution is 2.16. The predicted molar refractivity (Wildman–Crippen MR) is 65.8 cm³/mol. The van der Waals surface area contributed by atoms with Crippen LogP contribution in [0.3, 0.4) is 0 Å². The van der Waals surface area contributed by atoms with E-state index >= 15 is 0 Å². The van der Waals surface area contributed by atoms with Gasteiger partial charge in [0.25, 0.3) is 0 Å². The SMILES string of the molecule is COC(=O)CCC/C=C\CN1C(=O)CCC1C=O. The van der Waals surface area contributed by atoms with Crippen LogP contribution in [0.4, 0.5) is 0 Å². The van der Waals surface area contributed by atoms with Crippen molar-refractivity contribution >= 4 is 18.2 Å². The molecule has 0 aromatic rings. The summed E-state index contributed by atoms with van der Waals surface area (Å²) < 4.78 is 4.53. The van der Waals surface area contributed by atoms with Gasteiger partial charge in [0.05, 0.1) is 13.2 Å². The van der Waals surface area contributed by atoms with E-state index in [1.807, 2.05) is 12.2 Å². The van der Waals surface area contributed by atoms with Gasteiger partial charge in [0, 0.05) is 19.4 Å². The van der Waals surface area contributed by atoms with Gasteiger partial charge in [-0.1, -0.05) is 12.2 Å². The monoisotopic (exact) mass is 253 g/mol. The molecule has 100 valence electrons. The Labute approximate surface area is 107 Å². The second kappa shape index (κ2) is 7.63. The first kappa shape index (κ1) is 14.4. The zero-order valence-electron chi connectivity index (χ0n) is 10.6. The van der Waals surface area contributed by atoms with Gasteiger partial charge in [-0.3, -0.25) is 9.59 Å². The Morgan fingerprint density at radius 1 is 1.50 bits per heavy atom. The number of amides is 1. The molecular weight excluding hydrogens is 234 g/mol. The third kappa shape index (κ3) is 4.31. The molecule has 1 heterocycles. The summed E-state index contributed by atoms with van der Waals surface area (Å²) in [5.41, 5.74) is 0. The van der Waals surface area contributed by atoms with Crippen molar-refractivity contribution in [1.82, 2.24) is 4.90 Å². The number of carbonyl (C=O) groups excluding carboxylic acids is 3. The van der Waals surface area contributed by atoms with Crippen molar-refractivity contribution in [3.63, 3.8) is 0 Å². The van der Waals surface area contributed by atoms with E-state index in [0.717, 1.165) is 19.1 Å². The topological polar surface area (TPSA) is 63.7 Å². The van der Waals surface area contributed by atoms with Crippen molar-refractivity contribution in [3.05, 3.63) is 12.2 Å². The van der Waals surface area contributed by atoms with Crippen LogP contribution in [0, 0.1) is 0 Å². The van der Waals surface area contributed by atoms with Crippen LogP contribution in [0.2, 0.25) is 0 Å². The summed E-state index contributed by atoms with van der Waals surface area (Å²) >= 11 is 0. The van der Waals surface area contributed by atoms with Gasteiger partial charge in [-0.25, -0.2) is 0 Å². The van der Waals surface area contributed by atoms with Crippen LogP contribution in [0.15, 0.2) is 12.2 Å². The number of nitrogens with zero attached hydrogens (tertiary/aromatic N) is 1. The third-order valence-electron chi connectivity index (χ3n) is 2.98. The van der Waals surface area contributed by atoms with Gasteiger partial charge < -0.3 is 14.4 Å². The molecule has 0 aromatic heterocycles. The minimum Gasteiger partial charge on any atom is -0.469 e. The summed E-state index contributed by atoms with van der Waals surface area (Å²) in [7, 11) is 1.37. The standard InChI is InChI=1S/C13H19NO4/c1-18-13(17)6-4-2-3-5-9-14-11(10-15)7-8-12(14)16/h3,5,10-11H,2,4,6-9H2,1H3/b5-3-. The van der Waals surface area contributed by atoms with E-state index in [1.165, 1.54) is 7.11 Å². The second-order valence-electron chi connectivity index (χ2n) is 4.23. The zero-order chi connectivity index (χ0) is 13.4. The zero-order valence-corrected chi connectivity index (χ0v) is 10.6. The number of carbonyl (C=O) groups is 3. The van der Waals surface area contributed by atoms with Gasteiger partial charge >= 0.3 is 5.97 Å². The van der Waals surface area contributed by atoms with Gasteiger partial charge in [0.2, 0.25) is 5.91 Å². The van der Waals surface area contributed by atoms with Gasteiger partial charge in [-0.2, -0.15) is 0 Å². The number of allylic oxidation sites excluding steroid dienone is 1. The number of unbranched alkanes of at least 4 members (excludes halogenated alkanes) is 1. The van der Waals surface area contributed by atoms with Crippen molar-refractivity contribution in [1.29, 1.82) is 0 Å². The molecule has 0 aromatic carbocycles. The summed E-state index contributed by atoms with van der Waals surface area (Å²) in [6.07, 6.45) is 7.61. The predicted octanol–water partition coefficient (Wildman–Crippen LogP) is 1.08. The number of methoxy groups -OCH3 is 1. The Bertz CT molecular complexity index is 338. The molecule has 0 N–H and O–H groups in total. The van der Waals surface area contributed by atoms with Crippen LogP contribution in [0.5, 0.6) is 0 Å². The molecule has 0 radical (unpaired) electrons. The number of hydrogen-bond acceptors (Lipinski definition) is 4. The van der Waals surface area contributed by atoms with Gasteiger partial charge in [0.1, 0.15) is 6.29 Å². The first-order chi connectivity index (χ1) is 8.69. The lowest BCUT2D eigenvalue weighted by Crippen LogP contribution is -2.33. The normalized spacial score (nSPS) is 19.5. The molecule has 1 fully saturated rings. The lowest BCUT2D eigenvalue weighted by molar-refractivity contribution is -0.140. The maximum Gasteiger partial charge on any atom is 0.305 e. The molecule has 1 rings (SSSR count). The summed E-state index contributed by atoms with van der Waals surface area (Å²) in [6, 6.07) is -0.266. The first-order valence-corrected chi connectivity index (χ1v) is 6.15. The van der Waals surface area contributed by atoms with Gasteiger partial charge in [0.15, 0.2) is 0 Å². The van der Waals surface area contributed by atoms with E-state index in [9.17, 15) is 14.4 Å². The average molecular weight is 253 g/mol. The molecule has 0 bridgehead atoms. The number of rotatable bonds is 7. The molecule has 1 aliphatic rings. The van der Waals surface area contributed by atoms with E-state index in [4.69, 9.17) is 0 Å². The Morgan fingerprint density at radius 3 is 2.94 bits per heavy atom. The number of likely N-dealkylation sites (tertiary alicyclic amines) is 1. The number of hydrogen-bond donors (Lipinski definition) is 0. The summed E-state index contributed by atoms with van der Waals surface area (Å²) in [6.45, 7) is 0.473. The third-order valence-corrected chi connectivity index (χ3v) is 2.98. The fraction of sp³-hybridized carbons (Fsp3) is 0.615. The maximum atomic E-state index is 11.5. The van der Waals surface area contributed by atoms with E-state index < -0.39 is 0 Å².